The number of nitrogens with one attached hydrogen (secondary N) is 2. The molecule has 2 N–H and O–H groups in total. The first-order valence-electron chi connectivity index (χ1n) is 7.82. The van der Waals surface area contributed by atoms with Crippen molar-refractivity contribution in [2.75, 3.05) is 5.32 Å². The third-order valence-corrected chi connectivity index (χ3v) is 4.20. The molecule has 0 bridgehead atoms. The van der Waals surface area contributed by atoms with Crippen LogP contribution in [0.2, 0.25) is 5.02 Å². The first-order valence-corrected chi connectivity index (χ1v) is 8.20. The maximum Gasteiger partial charge on any atom is 0.261 e. The summed E-state index contributed by atoms with van der Waals surface area (Å²) in [4.78, 5) is 27.5. The summed E-state index contributed by atoms with van der Waals surface area (Å²) in [6.07, 6.45) is 0. The number of halogens is 1. The highest BCUT2D eigenvalue weighted by molar-refractivity contribution is 6.31. The van der Waals surface area contributed by atoms with E-state index in [1.165, 1.54) is 6.07 Å². The summed E-state index contributed by atoms with van der Waals surface area (Å²) >= 11 is 5.96. The Hall–Kier alpha value is -2.85. The molecule has 3 rings (SSSR count). The van der Waals surface area contributed by atoms with Gasteiger partial charge in [0.05, 0.1) is 0 Å². The smallest absolute Gasteiger partial charge is 0.261 e. The van der Waals surface area contributed by atoms with Crippen molar-refractivity contribution in [1.29, 1.82) is 0 Å². The fourth-order valence-corrected chi connectivity index (χ4v) is 2.64. The molecular formula is C20H17ClN2O2. The molecule has 0 spiro atoms. The van der Waals surface area contributed by atoms with Crippen LogP contribution in [0.1, 0.15) is 21.5 Å². The maximum atomic E-state index is 12.4. The molecule has 0 aliphatic heterocycles. The van der Waals surface area contributed by atoms with Crippen LogP contribution >= 0.6 is 11.6 Å². The molecule has 0 saturated heterocycles. The minimum Gasteiger partial charge on any atom is -0.322 e. The van der Waals surface area contributed by atoms with E-state index in [9.17, 15) is 9.59 Å². The molecule has 5 heteroatoms. The fraction of sp³-hybridized carbons (Fsp3) is 0.100. The highest BCUT2D eigenvalue weighted by Gasteiger charge is 2.13. The number of carbonyl (C=O) groups excluding carboxylic acids is 1. The van der Waals surface area contributed by atoms with E-state index in [1.807, 2.05) is 44.2 Å². The van der Waals surface area contributed by atoms with E-state index in [1.54, 1.807) is 18.2 Å². The Morgan fingerprint density at radius 2 is 1.72 bits per heavy atom. The van der Waals surface area contributed by atoms with Crippen molar-refractivity contribution in [2.45, 2.75) is 13.8 Å². The van der Waals surface area contributed by atoms with Crippen molar-refractivity contribution in [3.8, 4) is 11.3 Å². The van der Waals surface area contributed by atoms with Crippen LogP contribution in [-0.4, -0.2) is 10.9 Å². The van der Waals surface area contributed by atoms with Crippen molar-refractivity contribution >= 4 is 23.2 Å². The van der Waals surface area contributed by atoms with Gasteiger partial charge < -0.3 is 10.3 Å². The highest BCUT2D eigenvalue weighted by Crippen LogP contribution is 2.21. The van der Waals surface area contributed by atoms with E-state index in [2.05, 4.69) is 10.3 Å². The van der Waals surface area contributed by atoms with Crippen LogP contribution in [0.15, 0.2) is 59.4 Å². The second-order valence-electron chi connectivity index (χ2n) is 5.89. The van der Waals surface area contributed by atoms with Crippen molar-refractivity contribution in [3.05, 3.63) is 86.7 Å². The Morgan fingerprint density at radius 1 is 1.00 bits per heavy atom. The molecule has 0 unspecified atom stereocenters. The number of aromatic nitrogens is 1. The van der Waals surface area contributed by atoms with Gasteiger partial charge in [-0.15, -0.1) is 0 Å². The summed E-state index contributed by atoms with van der Waals surface area (Å²) in [7, 11) is 0. The molecule has 0 saturated carbocycles. The van der Waals surface area contributed by atoms with Gasteiger partial charge in [0.2, 0.25) is 0 Å². The Balaban J connectivity index is 1.88. The molecule has 25 heavy (non-hydrogen) atoms. The number of amides is 1. The topological polar surface area (TPSA) is 62.0 Å². The highest BCUT2D eigenvalue weighted by atomic mass is 35.5. The van der Waals surface area contributed by atoms with E-state index < -0.39 is 11.5 Å². The molecule has 0 fully saturated rings. The van der Waals surface area contributed by atoms with Gasteiger partial charge in [-0.3, -0.25) is 9.59 Å². The van der Waals surface area contributed by atoms with E-state index >= 15 is 0 Å². The minimum atomic E-state index is -0.470. The van der Waals surface area contributed by atoms with Crippen molar-refractivity contribution < 1.29 is 4.79 Å². The molecule has 1 heterocycles. The Labute approximate surface area is 150 Å². The SMILES string of the molecule is Cc1ccc(-c2ccc(C(=O)Nc3cc(Cl)ccc3C)c(=O)[nH]2)cc1. The Morgan fingerprint density at radius 3 is 2.40 bits per heavy atom. The van der Waals surface area contributed by atoms with Crippen LogP contribution in [0.5, 0.6) is 0 Å². The van der Waals surface area contributed by atoms with E-state index in [-0.39, 0.29) is 5.56 Å². The normalized spacial score (nSPS) is 10.5. The molecule has 1 amide bonds. The average Bonchev–Trinajstić information content (AvgIpc) is 2.58. The quantitative estimate of drug-likeness (QED) is 0.725. The lowest BCUT2D eigenvalue weighted by atomic mass is 10.1. The van der Waals surface area contributed by atoms with Crippen LogP contribution < -0.4 is 10.9 Å². The van der Waals surface area contributed by atoms with E-state index in [4.69, 9.17) is 11.6 Å². The molecule has 1 aromatic heterocycles. The van der Waals surface area contributed by atoms with Gasteiger partial charge in [-0.2, -0.15) is 0 Å². The molecular weight excluding hydrogens is 336 g/mol. The van der Waals surface area contributed by atoms with Crippen molar-refractivity contribution in [3.63, 3.8) is 0 Å². The predicted molar refractivity (Wildman–Crippen MR) is 101 cm³/mol. The zero-order chi connectivity index (χ0) is 18.0. The predicted octanol–water partition coefficient (Wildman–Crippen LogP) is 4.56. The lowest BCUT2D eigenvalue weighted by Crippen LogP contribution is -2.23. The zero-order valence-corrected chi connectivity index (χ0v) is 14.6. The monoisotopic (exact) mass is 352 g/mol. The zero-order valence-electron chi connectivity index (χ0n) is 13.9. The lowest BCUT2D eigenvalue weighted by Gasteiger charge is -2.09. The maximum absolute atomic E-state index is 12.4. The number of pyridine rings is 1. The second kappa shape index (κ2) is 6.95. The van der Waals surface area contributed by atoms with Gasteiger partial charge in [0, 0.05) is 16.4 Å². The third-order valence-electron chi connectivity index (χ3n) is 3.96. The molecule has 0 aliphatic carbocycles. The molecule has 2 aromatic carbocycles. The van der Waals surface area contributed by atoms with Crippen molar-refractivity contribution in [1.82, 2.24) is 4.98 Å². The first-order chi connectivity index (χ1) is 11.9. The summed E-state index contributed by atoms with van der Waals surface area (Å²) in [5.41, 5.74) is 3.76. The van der Waals surface area contributed by atoms with E-state index in [0.717, 1.165) is 16.7 Å². The van der Waals surface area contributed by atoms with Gasteiger partial charge >= 0.3 is 0 Å². The van der Waals surface area contributed by atoms with Crippen LogP contribution in [-0.2, 0) is 0 Å². The summed E-state index contributed by atoms with van der Waals surface area (Å²) in [5.74, 6) is -0.470. The summed E-state index contributed by atoms with van der Waals surface area (Å²) in [6, 6.07) is 16.3. The number of rotatable bonds is 3. The van der Waals surface area contributed by atoms with Gasteiger partial charge in [0.25, 0.3) is 11.5 Å². The second-order valence-corrected chi connectivity index (χ2v) is 6.33. The van der Waals surface area contributed by atoms with Crippen LogP contribution in [0.4, 0.5) is 5.69 Å². The summed E-state index contributed by atoms with van der Waals surface area (Å²) in [6.45, 7) is 3.86. The standard InChI is InChI=1S/C20H17ClN2O2/c1-12-3-6-14(7-4-12)17-10-9-16(19(24)22-17)20(25)23-18-11-15(21)8-5-13(18)2/h3-11H,1-2H3,(H,22,24)(H,23,25). The number of aromatic amines is 1. The molecule has 3 aromatic rings. The fourth-order valence-electron chi connectivity index (χ4n) is 2.47. The largest absolute Gasteiger partial charge is 0.322 e. The molecule has 126 valence electrons. The van der Waals surface area contributed by atoms with Crippen LogP contribution in [0.3, 0.4) is 0 Å². The van der Waals surface area contributed by atoms with Gasteiger partial charge in [-0.25, -0.2) is 0 Å². The van der Waals surface area contributed by atoms with Crippen molar-refractivity contribution in [2.24, 2.45) is 0 Å². The van der Waals surface area contributed by atoms with Gasteiger partial charge in [0.1, 0.15) is 5.56 Å². The van der Waals surface area contributed by atoms with Gasteiger partial charge in [-0.05, 0) is 49.2 Å². The minimum absolute atomic E-state index is 0.0511. The molecule has 4 nitrogen and oxygen atoms in total. The molecule has 0 aliphatic rings. The average molecular weight is 353 g/mol. The Kier molecular flexibility index (Phi) is 4.72. The lowest BCUT2D eigenvalue weighted by molar-refractivity contribution is 0.102. The van der Waals surface area contributed by atoms with E-state index in [0.29, 0.717) is 16.4 Å². The Bertz CT molecular complexity index is 991. The summed E-state index contributed by atoms with van der Waals surface area (Å²) in [5, 5.41) is 3.25. The molecule has 0 radical (unpaired) electrons. The molecule has 0 atom stereocenters. The number of carbonyl (C=O) groups is 1. The van der Waals surface area contributed by atoms with Gasteiger partial charge in [0.15, 0.2) is 0 Å². The number of hydrogen-bond donors (Lipinski definition) is 2. The summed E-state index contributed by atoms with van der Waals surface area (Å²) < 4.78 is 0. The number of hydrogen-bond acceptors (Lipinski definition) is 2. The number of benzene rings is 2. The van der Waals surface area contributed by atoms with Crippen LogP contribution in [0.25, 0.3) is 11.3 Å². The third kappa shape index (κ3) is 3.80. The number of H-pyrrole nitrogens is 1. The van der Waals surface area contributed by atoms with Crippen LogP contribution in [0, 0.1) is 13.8 Å². The number of aryl methyl sites for hydroxylation is 2. The van der Waals surface area contributed by atoms with Gasteiger partial charge in [-0.1, -0.05) is 47.5 Å². The number of anilines is 1. The first kappa shape index (κ1) is 17.0.